The van der Waals surface area contributed by atoms with Gasteiger partial charge in [-0.3, -0.25) is 4.79 Å². The average Bonchev–Trinajstić information content (AvgIpc) is 3.02. The molecule has 3 aromatic carbocycles. The molecule has 0 saturated carbocycles. The Labute approximate surface area is 175 Å². The minimum Gasteiger partial charge on any atom is -0.496 e. The molecule has 0 spiro atoms. The second-order valence-electron chi connectivity index (χ2n) is 6.24. The van der Waals surface area contributed by atoms with Crippen LogP contribution in [0.3, 0.4) is 0 Å². The number of methoxy groups -OCH3 is 1. The summed E-state index contributed by atoms with van der Waals surface area (Å²) in [7, 11) is 1.49. The number of para-hydroxylation sites is 1. The van der Waals surface area contributed by atoms with Gasteiger partial charge in [0.05, 0.1) is 12.7 Å². The summed E-state index contributed by atoms with van der Waals surface area (Å²) in [4.78, 5) is 25.1. The van der Waals surface area contributed by atoms with Crippen LogP contribution in [-0.4, -0.2) is 18.9 Å². The molecule has 5 nitrogen and oxygen atoms in total. The van der Waals surface area contributed by atoms with Crippen molar-refractivity contribution in [1.29, 1.82) is 0 Å². The molecule has 4 rings (SSSR count). The van der Waals surface area contributed by atoms with E-state index in [1.54, 1.807) is 42.5 Å². The highest BCUT2D eigenvalue weighted by molar-refractivity contribution is 9.10. The van der Waals surface area contributed by atoms with E-state index in [1.165, 1.54) is 13.2 Å². The lowest BCUT2D eigenvalue weighted by Crippen LogP contribution is -2.10. The predicted molar refractivity (Wildman–Crippen MR) is 111 cm³/mol. The fourth-order valence-electron chi connectivity index (χ4n) is 2.95. The van der Waals surface area contributed by atoms with Crippen molar-refractivity contribution >= 4 is 33.8 Å². The van der Waals surface area contributed by atoms with Crippen LogP contribution in [0.1, 0.15) is 26.3 Å². The standard InChI is InChI=1S/C23H15BrO5/c1-27-19-8-3-2-7-18(19)23(26)28-16-9-10-17-20(13-16)29-21(22(17)25)12-14-5-4-6-15(24)11-14/h2-13H,1H3/b21-12-. The third-order valence-corrected chi connectivity index (χ3v) is 4.82. The summed E-state index contributed by atoms with van der Waals surface area (Å²) >= 11 is 3.40. The number of allylic oxidation sites excluding steroid dienone is 1. The van der Waals surface area contributed by atoms with Gasteiger partial charge in [0.2, 0.25) is 5.78 Å². The number of carbonyl (C=O) groups is 2. The van der Waals surface area contributed by atoms with Crippen LogP contribution in [0, 0.1) is 0 Å². The van der Waals surface area contributed by atoms with Gasteiger partial charge >= 0.3 is 5.97 Å². The molecule has 0 aliphatic carbocycles. The molecule has 0 atom stereocenters. The Bertz CT molecular complexity index is 1150. The van der Waals surface area contributed by atoms with Crippen molar-refractivity contribution in [3.63, 3.8) is 0 Å². The molecule has 0 aromatic heterocycles. The molecule has 1 aliphatic heterocycles. The fourth-order valence-corrected chi connectivity index (χ4v) is 3.37. The van der Waals surface area contributed by atoms with Gasteiger partial charge in [-0.2, -0.15) is 0 Å². The van der Waals surface area contributed by atoms with Crippen LogP contribution < -0.4 is 14.2 Å². The lowest BCUT2D eigenvalue weighted by molar-refractivity contribution is 0.0731. The van der Waals surface area contributed by atoms with Gasteiger partial charge < -0.3 is 14.2 Å². The zero-order chi connectivity index (χ0) is 20.4. The second kappa shape index (κ2) is 7.93. The minimum atomic E-state index is -0.559. The van der Waals surface area contributed by atoms with Gasteiger partial charge in [0.1, 0.15) is 22.8 Å². The molecule has 0 unspecified atom stereocenters. The Morgan fingerprint density at radius 3 is 2.66 bits per heavy atom. The third-order valence-electron chi connectivity index (χ3n) is 4.33. The van der Waals surface area contributed by atoms with Crippen LogP contribution in [0.2, 0.25) is 0 Å². The van der Waals surface area contributed by atoms with E-state index in [0.29, 0.717) is 22.6 Å². The van der Waals surface area contributed by atoms with Crippen molar-refractivity contribution in [2.75, 3.05) is 7.11 Å². The zero-order valence-corrected chi connectivity index (χ0v) is 16.9. The van der Waals surface area contributed by atoms with Gasteiger partial charge in [-0.15, -0.1) is 0 Å². The van der Waals surface area contributed by atoms with Crippen LogP contribution in [0.15, 0.2) is 77.0 Å². The van der Waals surface area contributed by atoms with Crippen molar-refractivity contribution < 1.29 is 23.8 Å². The molecule has 1 aliphatic rings. The number of fused-ring (bicyclic) bond motifs is 1. The maximum absolute atomic E-state index is 12.6. The molecule has 1 heterocycles. The number of halogens is 1. The number of hydrogen-bond acceptors (Lipinski definition) is 5. The van der Waals surface area contributed by atoms with Crippen molar-refractivity contribution in [3.05, 3.63) is 93.7 Å². The number of ketones is 1. The first kappa shape index (κ1) is 19.0. The first-order valence-corrected chi connectivity index (χ1v) is 9.53. The van der Waals surface area contributed by atoms with Crippen LogP contribution in [0.5, 0.6) is 17.2 Å². The van der Waals surface area contributed by atoms with Gasteiger partial charge in [0.25, 0.3) is 0 Å². The van der Waals surface area contributed by atoms with E-state index in [9.17, 15) is 9.59 Å². The van der Waals surface area contributed by atoms with E-state index in [1.807, 2.05) is 24.3 Å². The van der Waals surface area contributed by atoms with Crippen LogP contribution in [-0.2, 0) is 0 Å². The van der Waals surface area contributed by atoms with Crippen molar-refractivity contribution in [2.45, 2.75) is 0 Å². The number of rotatable bonds is 4. The van der Waals surface area contributed by atoms with E-state index in [-0.39, 0.29) is 17.3 Å². The summed E-state index contributed by atoms with van der Waals surface area (Å²) < 4.78 is 17.2. The molecular weight excluding hydrogens is 436 g/mol. The van der Waals surface area contributed by atoms with E-state index >= 15 is 0 Å². The lowest BCUT2D eigenvalue weighted by atomic mass is 10.1. The number of Topliss-reactive ketones (excluding diaryl/α,β-unsaturated/α-hetero) is 1. The minimum absolute atomic E-state index is 0.214. The van der Waals surface area contributed by atoms with E-state index in [4.69, 9.17) is 14.2 Å². The Hall–Kier alpha value is -3.38. The lowest BCUT2D eigenvalue weighted by Gasteiger charge is -2.08. The smallest absolute Gasteiger partial charge is 0.347 e. The van der Waals surface area contributed by atoms with Crippen LogP contribution >= 0.6 is 15.9 Å². The highest BCUT2D eigenvalue weighted by atomic mass is 79.9. The normalized spacial score (nSPS) is 13.7. The quantitative estimate of drug-likeness (QED) is 0.306. The topological polar surface area (TPSA) is 61.8 Å². The van der Waals surface area contributed by atoms with Gasteiger partial charge in [0, 0.05) is 10.5 Å². The Balaban J connectivity index is 1.57. The molecule has 0 fully saturated rings. The molecule has 0 bridgehead atoms. The SMILES string of the molecule is COc1ccccc1C(=O)Oc1ccc2c(c1)O/C(=C\c1cccc(Br)c1)C2=O. The highest BCUT2D eigenvalue weighted by Crippen LogP contribution is 2.35. The molecule has 6 heteroatoms. The average molecular weight is 451 g/mol. The summed E-state index contributed by atoms with van der Waals surface area (Å²) in [6, 6.07) is 19.0. The summed E-state index contributed by atoms with van der Waals surface area (Å²) in [5.41, 5.74) is 1.56. The zero-order valence-electron chi connectivity index (χ0n) is 15.3. The highest BCUT2D eigenvalue weighted by Gasteiger charge is 2.28. The largest absolute Gasteiger partial charge is 0.496 e. The second-order valence-corrected chi connectivity index (χ2v) is 7.16. The molecule has 0 amide bonds. The summed E-state index contributed by atoms with van der Waals surface area (Å²) in [5, 5.41) is 0. The maximum atomic E-state index is 12.6. The van der Waals surface area contributed by atoms with Crippen LogP contribution in [0.25, 0.3) is 6.08 Å². The summed E-state index contributed by atoms with van der Waals surface area (Å²) in [5.74, 6) is 0.479. The van der Waals surface area contributed by atoms with Gasteiger partial charge in [-0.25, -0.2) is 4.79 Å². The van der Waals surface area contributed by atoms with Crippen molar-refractivity contribution in [3.8, 4) is 17.2 Å². The first-order valence-electron chi connectivity index (χ1n) is 8.74. The Morgan fingerprint density at radius 2 is 1.86 bits per heavy atom. The fraction of sp³-hybridized carbons (Fsp3) is 0.0435. The Morgan fingerprint density at radius 1 is 1.03 bits per heavy atom. The van der Waals surface area contributed by atoms with E-state index in [2.05, 4.69) is 15.9 Å². The Kier molecular flexibility index (Phi) is 5.18. The molecule has 3 aromatic rings. The van der Waals surface area contributed by atoms with Crippen molar-refractivity contribution in [2.24, 2.45) is 0 Å². The van der Waals surface area contributed by atoms with Crippen molar-refractivity contribution in [1.82, 2.24) is 0 Å². The number of benzene rings is 3. The summed E-state index contributed by atoms with van der Waals surface area (Å²) in [6.07, 6.45) is 1.67. The molecule has 0 N–H and O–H groups in total. The number of carbonyl (C=O) groups excluding carboxylic acids is 2. The number of ether oxygens (including phenoxy) is 3. The van der Waals surface area contributed by atoms with Crippen LogP contribution in [0.4, 0.5) is 0 Å². The molecule has 0 radical (unpaired) electrons. The predicted octanol–water partition coefficient (Wildman–Crippen LogP) is 5.29. The van der Waals surface area contributed by atoms with Gasteiger partial charge in [-0.05, 0) is 48.0 Å². The van der Waals surface area contributed by atoms with Gasteiger partial charge in [-0.1, -0.05) is 40.2 Å². The molecule has 144 valence electrons. The van der Waals surface area contributed by atoms with E-state index in [0.717, 1.165) is 10.0 Å². The molecular formula is C23H15BrO5. The van der Waals surface area contributed by atoms with E-state index < -0.39 is 5.97 Å². The third kappa shape index (κ3) is 3.93. The number of hydrogen-bond donors (Lipinski definition) is 0. The number of esters is 1. The molecule has 29 heavy (non-hydrogen) atoms. The molecule has 0 saturated heterocycles. The summed E-state index contributed by atoms with van der Waals surface area (Å²) in [6.45, 7) is 0. The van der Waals surface area contributed by atoms with Gasteiger partial charge in [0.15, 0.2) is 5.76 Å². The maximum Gasteiger partial charge on any atom is 0.347 e. The first-order chi connectivity index (χ1) is 14.0. The monoisotopic (exact) mass is 450 g/mol.